The van der Waals surface area contributed by atoms with Crippen LogP contribution < -0.4 is 15.1 Å². The number of amides is 1. The second-order valence-electron chi connectivity index (χ2n) is 8.11. The lowest BCUT2D eigenvalue weighted by molar-refractivity contribution is -0.120. The van der Waals surface area contributed by atoms with Gasteiger partial charge in [0.05, 0.1) is 19.7 Å². The van der Waals surface area contributed by atoms with Gasteiger partial charge in [-0.1, -0.05) is 25.1 Å². The Bertz CT molecular complexity index is 872. The first-order valence-electron chi connectivity index (χ1n) is 9.63. The number of benzene rings is 2. The summed E-state index contributed by atoms with van der Waals surface area (Å²) in [5.74, 6) is 1.12. The molecule has 148 valence electrons. The molecule has 0 saturated heterocycles. The maximum Gasteiger partial charge on any atom is 0.244 e. The summed E-state index contributed by atoms with van der Waals surface area (Å²) >= 11 is 0. The second-order valence-corrected chi connectivity index (χ2v) is 8.11. The van der Waals surface area contributed by atoms with Gasteiger partial charge in [0.1, 0.15) is 5.75 Å². The molecule has 0 radical (unpaired) electrons. The van der Waals surface area contributed by atoms with E-state index >= 15 is 0 Å². The predicted octanol–water partition coefficient (Wildman–Crippen LogP) is 4.11. The van der Waals surface area contributed by atoms with Gasteiger partial charge in [0.25, 0.3) is 0 Å². The smallest absolute Gasteiger partial charge is 0.244 e. The summed E-state index contributed by atoms with van der Waals surface area (Å²) in [7, 11) is 3.77. The van der Waals surface area contributed by atoms with Gasteiger partial charge in [-0.15, -0.1) is 0 Å². The minimum atomic E-state index is -0.144. The third kappa shape index (κ3) is 4.35. The fourth-order valence-electron chi connectivity index (χ4n) is 3.82. The summed E-state index contributed by atoms with van der Waals surface area (Å²) in [6.07, 6.45) is 3.09. The Morgan fingerprint density at radius 2 is 2.00 bits per heavy atom. The van der Waals surface area contributed by atoms with E-state index in [1.54, 1.807) is 13.3 Å². The first-order valence-corrected chi connectivity index (χ1v) is 9.63. The largest absolute Gasteiger partial charge is 0.497 e. The topological polar surface area (TPSA) is 53.9 Å². The molecule has 0 saturated carbocycles. The molecule has 1 heterocycles. The number of methoxy groups -OCH3 is 1. The number of carbonyl (C=O) groups is 1. The fourth-order valence-corrected chi connectivity index (χ4v) is 3.82. The number of hydrogen-bond donors (Lipinski definition) is 1. The molecule has 1 aliphatic heterocycles. The predicted molar refractivity (Wildman–Crippen MR) is 114 cm³/mol. The maximum atomic E-state index is 12.1. The zero-order chi connectivity index (χ0) is 20.3. The Hall–Kier alpha value is -2.82. The highest BCUT2D eigenvalue weighted by molar-refractivity contribution is 5.84. The van der Waals surface area contributed by atoms with Gasteiger partial charge in [-0.3, -0.25) is 4.79 Å². The molecule has 0 aliphatic carbocycles. The number of fused-ring (bicyclic) bond motifs is 1. The highest BCUT2D eigenvalue weighted by Gasteiger charge is 2.33. The number of carbonyl (C=O) groups excluding carboxylic acids is 1. The van der Waals surface area contributed by atoms with Crippen molar-refractivity contribution in [1.82, 2.24) is 5.43 Å². The lowest BCUT2D eigenvalue weighted by atomic mass is 9.80. The number of rotatable bonds is 5. The van der Waals surface area contributed by atoms with Crippen molar-refractivity contribution in [2.24, 2.45) is 5.10 Å². The van der Waals surface area contributed by atoms with Crippen LogP contribution in [0.15, 0.2) is 47.6 Å². The Labute approximate surface area is 167 Å². The Balaban J connectivity index is 1.63. The monoisotopic (exact) mass is 379 g/mol. The summed E-state index contributed by atoms with van der Waals surface area (Å²) in [6.45, 7) is 6.82. The van der Waals surface area contributed by atoms with Crippen molar-refractivity contribution in [1.29, 1.82) is 0 Å². The molecule has 0 bridgehead atoms. The highest BCUT2D eigenvalue weighted by Crippen LogP contribution is 2.42. The van der Waals surface area contributed by atoms with Gasteiger partial charge in [-0.25, -0.2) is 5.43 Å². The zero-order valence-corrected chi connectivity index (χ0v) is 17.3. The average molecular weight is 380 g/mol. The van der Waals surface area contributed by atoms with Crippen molar-refractivity contribution in [3.63, 3.8) is 0 Å². The highest BCUT2D eigenvalue weighted by atomic mass is 16.5. The summed E-state index contributed by atoms with van der Waals surface area (Å²) in [5.41, 5.74) is 7.27. The van der Waals surface area contributed by atoms with Crippen molar-refractivity contribution in [3.05, 3.63) is 59.2 Å². The molecular formula is C23H29N3O2. The van der Waals surface area contributed by atoms with Crippen LogP contribution in [0.1, 0.15) is 49.8 Å². The van der Waals surface area contributed by atoms with Crippen molar-refractivity contribution in [2.45, 2.75) is 45.1 Å². The maximum absolute atomic E-state index is 12.1. The van der Waals surface area contributed by atoms with Gasteiger partial charge in [-0.05, 0) is 67.1 Å². The van der Waals surface area contributed by atoms with Crippen LogP contribution in [-0.4, -0.2) is 31.8 Å². The van der Waals surface area contributed by atoms with E-state index in [0.29, 0.717) is 5.92 Å². The molecule has 1 N–H and O–H groups in total. The number of nitrogens with one attached hydrogen (secondary N) is 1. The standard InChI is InChI=1S/C23H29N3O2/c1-16-14-23(2,3)26(4)21-11-8-18(12-20(16)21)15-24-25-22(27)13-17-6-9-19(28-5)10-7-17/h6-12,15-16H,13-14H2,1-5H3,(H,25,27)/b24-15+/t16-/m1/s1. The van der Waals surface area contributed by atoms with Crippen LogP contribution >= 0.6 is 0 Å². The zero-order valence-electron chi connectivity index (χ0n) is 17.3. The van der Waals surface area contributed by atoms with Gasteiger partial charge in [0.15, 0.2) is 0 Å². The molecule has 1 atom stereocenters. The van der Waals surface area contributed by atoms with Crippen molar-refractivity contribution in [2.75, 3.05) is 19.1 Å². The van der Waals surface area contributed by atoms with Gasteiger partial charge in [0, 0.05) is 18.3 Å². The van der Waals surface area contributed by atoms with E-state index in [1.807, 2.05) is 30.3 Å². The molecule has 0 aromatic heterocycles. The Kier molecular flexibility index (Phi) is 5.73. The number of hydrogen-bond acceptors (Lipinski definition) is 4. The van der Waals surface area contributed by atoms with Gasteiger partial charge in [0.2, 0.25) is 5.91 Å². The summed E-state index contributed by atoms with van der Waals surface area (Å²) in [4.78, 5) is 14.4. The third-order valence-corrected chi connectivity index (χ3v) is 5.58. The van der Waals surface area contributed by atoms with Gasteiger partial charge in [-0.2, -0.15) is 5.10 Å². The van der Waals surface area contributed by atoms with Crippen molar-refractivity contribution >= 4 is 17.8 Å². The summed E-state index contributed by atoms with van der Waals surface area (Å²) in [5, 5.41) is 4.13. The molecule has 5 heteroatoms. The quantitative estimate of drug-likeness (QED) is 0.628. The second kappa shape index (κ2) is 8.05. The van der Waals surface area contributed by atoms with E-state index in [1.165, 1.54) is 11.3 Å². The van der Waals surface area contributed by atoms with Crippen LogP contribution in [-0.2, 0) is 11.2 Å². The third-order valence-electron chi connectivity index (χ3n) is 5.58. The molecule has 28 heavy (non-hydrogen) atoms. The fraction of sp³-hybridized carbons (Fsp3) is 0.391. The van der Waals surface area contributed by atoms with Crippen molar-refractivity contribution in [3.8, 4) is 5.75 Å². The molecule has 0 fully saturated rings. The van der Waals surface area contributed by atoms with E-state index in [0.717, 1.165) is 23.3 Å². The average Bonchev–Trinajstić information content (AvgIpc) is 2.66. The first kappa shape index (κ1) is 19.9. The molecule has 1 amide bonds. The summed E-state index contributed by atoms with van der Waals surface area (Å²) in [6, 6.07) is 13.8. The number of ether oxygens (including phenoxy) is 1. The Morgan fingerprint density at radius 1 is 1.29 bits per heavy atom. The van der Waals surface area contributed by atoms with E-state index in [2.05, 4.69) is 55.4 Å². The lowest BCUT2D eigenvalue weighted by Crippen LogP contribution is -2.45. The molecular weight excluding hydrogens is 350 g/mol. The van der Waals surface area contributed by atoms with Crippen LogP contribution in [0, 0.1) is 0 Å². The van der Waals surface area contributed by atoms with Crippen LogP contribution in [0.5, 0.6) is 5.75 Å². The Morgan fingerprint density at radius 3 is 2.68 bits per heavy atom. The minimum absolute atomic E-state index is 0.144. The van der Waals surface area contributed by atoms with Crippen LogP contribution in [0.4, 0.5) is 5.69 Å². The SMILES string of the molecule is COc1ccc(CC(=O)N/N=C/c2ccc3c(c2)[C@H](C)CC(C)(C)N3C)cc1. The van der Waals surface area contributed by atoms with Crippen molar-refractivity contribution < 1.29 is 9.53 Å². The molecule has 0 unspecified atom stereocenters. The molecule has 5 nitrogen and oxygen atoms in total. The molecule has 1 aliphatic rings. The summed E-state index contributed by atoms with van der Waals surface area (Å²) < 4.78 is 5.13. The van der Waals surface area contributed by atoms with Gasteiger partial charge < -0.3 is 9.64 Å². The van der Waals surface area contributed by atoms with E-state index in [4.69, 9.17) is 4.74 Å². The van der Waals surface area contributed by atoms with E-state index < -0.39 is 0 Å². The first-order chi connectivity index (χ1) is 13.3. The lowest BCUT2D eigenvalue weighted by Gasteiger charge is -2.45. The molecule has 2 aromatic carbocycles. The van der Waals surface area contributed by atoms with Crippen LogP contribution in [0.3, 0.4) is 0 Å². The molecule has 3 rings (SSSR count). The minimum Gasteiger partial charge on any atom is -0.497 e. The number of nitrogens with zero attached hydrogens (tertiary/aromatic N) is 2. The normalized spacial score (nSPS) is 18.0. The van der Waals surface area contributed by atoms with Crippen LogP contribution in [0.25, 0.3) is 0 Å². The number of hydrazone groups is 1. The molecule has 0 spiro atoms. The number of anilines is 1. The van der Waals surface area contributed by atoms with E-state index in [9.17, 15) is 4.79 Å². The van der Waals surface area contributed by atoms with Gasteiger partial charge >= 0.3 is 0 Å². The molecule has 2 aromatic rings. The van der Waals surface area contributed by atoms with E-state index in [-0.39, 0.29) is 17.9 Å². The van der Waals surface area contributed by atoms with Crippen LogP contribution in [0.2, 0.25) is 0 Å².